The lowest BCUT2D eigenvalue weighted by Crippen LogP contribution is -2.13. The van der Waals surface area contributed by atoms with Gasteiger partial charge in [-0.25, -0.2) is 4.68 Å². The number of ether oxygens (including phenoxy) is 1. The molecule has 0 aliphatic heterocycles. The van der Waals surface area contributed by atoms with E-state index in [4.69, 9.17) is 10.6 Å². The summed E-state index contributed by atoms with van der Waals surface area (Å²) >= 11 is 1.59. The third-order valence-electron chi connectivity index (χ3n) is 3.31. The first kappa shape index (κ1) is 16.7. The lowest BCUT2D eigenvalue weighted by Gasteiger charge is -2.08. The van der Waals surface area contributed by atoms with Gasteiger partial charge in [-0.05, 0) is 30.0 Å². The standard InChI is InChI=1S/C16H24N4OS/c1-4-15-18-19-16(20(15)17)22-11-13-5-7-14(8-6-13)21-10-9-12(2)3/h5-8,12H,4,9-11,17H2,1-3H3. The lowest BCUT2D eigenvalue weighted by atomic mass is 10.1. The Morgan fingerprint density at radius 2 is 1.95 bits per heavy atom. The first-order valence-corrected chi connectivity index (χ1v) is 8.62. The highest BCUT2D eigenvalue weighted by molar-refractivity contribution is 7.98. The maximum absolute atomic E-state index is 5.93. The fourth-order valence-electron chi connectivity index (χ4n) is 1.89. The highest BCUT2D eigenvalue weighted by atomic mass is 32.2. The van der Waals surface area contributed by atoms with E-state index in [0.717, 1.165) is 41.9 Å². The van der Waals surface area contributed by atoms with Crippen LogP contribution in [0.15, 0.2) is 29.4 Å². The zero-order valence-corrected chi connectivity index (χ0v) is 14.3. The summed E-state index contributed by atoms with van der Waals surface area (Å²) < 4.78 is 7.28. The molecule has 0 bridgehead atoms. The average molecular weight is 320 g/mol. The number of hydrogen-bond donors (Lipinski definition) is 1. The molecule has 0 unspecified atom stereocenters. The molecule has 0 amide bonds. The maximum atomic E-state index is 5.93. The van der Waals surface area contributed by atoms with Crippen molar-refractivity contribution in [3.63, 3.8) is 0 Å². The maximum Gasteiger partial charge on any atom is 0.210 e. The number of nitrogens with zero attached hydrogens (tertiary/aromatic N) is 3. The molecule has 0 spiro atoms. The summed E-state index contributed by atoms with van der Waals surface area (Å²) in [5.74, 6) is 9.13. The van der Waals surface area contributed by atoms with Crippen molar-refractivity contribution in [3.8, 4) is 5.75 Å². The van der Waals surface area contributed by atoms with Gasteiger partial charge in [0, 0.05) is 12.2 Å². The Hall–Kier alpha value is -1.69. The number of thioether (sulfide) groups is 1. The Morgan fingerprint density at radius 1 is 1.23 bits per heavy atom. The average Bonchev–Trinajstić information content (AvgIpc) is 2.86. The van der Waals surface area contributed by atoms with E-state index in [2.05, 4.69) is 36.2 Å². The normalized spacial score (nSPS) is 11.1. The molecule has 0 aliphatic carbocycles. The van der Waals surface area contributed by atoms with Gasteiger partial charge in [0.05, 0.1) is 6.61 Å². The number of aromatic nitrogens is 3. The summed E-state index contributed by atoms with van der Waals surface area (Å²) in [7, 11) is 0. The molecule has 1 heterocycles. The molecular weight excluding hydrogens is 296 g/mol. The van der Waals surface area contributed by atoms with Gasteiger partial charge in [0.1, 0.15) is 5.75 Å². The van der Waals surface area contributed by atoms with Gasteiger partial charge in [-0.1, -0.05) is 44.7 Å². The minimum absolute atomic E-state index is 0.664. The summed E-state index contributed by atoms with van der Waals surface area (Å²) in [5, 5.41) is 8.90. The van der Waals surface area contributed by atoms with Gasteiger partial charge in [0.15, 0.2) is 5.82 Å². The van der Waals surface area contributed by atoms with E-state index in [9.17, 15) is 0 Å². The van der Waals surface area contributed by atoms with Crippen molar-refractivity contribution in [1.29, 1.82) is 0 Å². The van der Waals surface area contributed by atoms with Gasteiger partial charge < -0.3 is 10.6 Å². The van der Waals surface area contributed by atoms with Crippen LogP contribution in [0, 0.1) is 5.92 Å². The third kappa shape index (κ3) is 4.66. The number of aryl methyl sites for hydroxylation is 1. The molecule has 0 atom stereocenters. The monoisotopic (exact) mass is 320 g/mol. The molecule has 0 radical (unpaired) electrons. The van der Waals surface area contributed by atoms with Crippen molar-refractivity contribution in [2.75, 3.05) is 12.4 Å². The molecule has 0 saturated carbocycles. The van der Waals surface area contributed by atoms with Gasteiger partial charge in [0.25, 0.3) is 0 Å². The number of rotatable bonds is 8. The van der Waals surface area contributed by atoms with E-state index in [1.807, 2.05) is 19.1 Å². The molecule has 0 fully saturated rings. The quantitative estimate of drug-likeness (QED) is 0.597. The molecule has 1 aromatic carbocycles. The Balaban J connectivity index is 1.84. The summed E-state index contributed by atoms with van der Waals surface area (Å²) in [6.45, 7) is 7.18. The molecule has 0 aliphatic rings. The Morgan fingerprint density at radius 3 is 2.55 bits per heavy atom. The Bertz CT molecular complexity index is 580. The van der Waals surface area contributed by atoms with E-state index < -0.39 is 0 Å². The second kappa shape index (κ2) is 8.08. The molecule has 0 saturated heterocycles. The molecule has 6 heteroatoms. The smallest absolute Gasteiger partial charge is 0.210 e. The largest absolute Gasteiger partial charge is 0.494 e. The topological polar surface area (TPSA) is 66.0 Å². The fraction of sp³-hybridized carbons (Fsp3) is 0.500. The van der Waals surface area contributed by atoms with Gasteiger partial charge in [0.2, 0.25) is 5.16 Å². The molecule has 120 valence electrons. The van der Waals surface area contributed by atoms with Crippen molar-refractivity contribution in [1.82, 2.24) is 14.9 Å². The van der Waals surface area contributed by atoms with Crippen molar-refractivity contribution in [3.05, 3.63) is 35.7 Å². The molecule has 2 rings (SSSR count). The molecule has 2 N–H and O–H groups in total. The molecular formula is C16H24N4OS. The summed E-state index contributed by atoms with van der Waals surface area (Å²) in [4.78, 5) is 0. The van der Waals surface area contributed by atoms with E-state index in [1.54, 1.807) is 16.4 Å². The highest BCUT2D eigenvalue weighted by Crippen LogP contribution is 2.22. The summed E-state index contributed by atoms with van der Waals surface area (Å²) in [6.07, 6.45) is 1.86. The summed E-state index contributed by atoms with van der Waals surface area (Å²) in [5.41, 5.74) is 1.21. The molecule has 1 aromatic heterocycles. The van der Waals surface area contributed by atoms with Crippen LogP contribution in [0.4, 0.5) is 0 Å². The number of benzene rings is 1. The fourth-order valence-corrected chi connectivity index (χ4v) is 2.72. The van der Waals surface area contributed by atoms with Crippen LogP contribution in [-0.4, -0.2) is 21.5 Å². The zero-order chi connectivity index (χ0) is 15.9. The number of nitrogens with two attached hydrogens (primary N) is 1. The van der Waals surface area contributed by atoms with Crippen LogP contribution in [0.3, 0.4) is 0 Å². The first-order valence-electron chi connectivity index (χ1n) is 7.64. The Kier molecular flexibility index (Phi) is 6.12. The second-order valence-corrected chi connectivity index (χ2v) is 6.53. The van der Waals surface area contributed by atoms with E-state index in [0.29, 0.717) is 5.92 Å². The minimum atomic E-state index is 0.664. The van der Waals surface area contributed by atoms with Crippen LogP contribution in [0.1, 0.15) is 38.6 Å². The predicted octanol–water partition coefficient (Wildman–Crippen LogP) is 3.27. The van der Waals surface area contributed by atoms with Crippen LogP contribution in [0.5, 0.6) is 5.75 Å². The van der Waals surface area contributed by atoms with Crippen LogP contribution in [-0.2, 0) is 12.2 Å². The SMILES string of the molecule is CCc1nnc(SCc2ccc(OCCC(C)C)cc2)n1N. The van der Waals surface area contributed by atoms with Crippen LogP contribution >= 0.6 is 11.8 Å². The first-order chi connectivity index (χ1) is 10.6. The van der Waals surface area contributed by atoms with Gasteiger partial charge in [-0.15, -0.1) is 10.2 Å². The number of hydrogen-bond acceptors (Lipinski definition) is 5. The molecule has 5 nitrogen and oxygen atoms in total. The highest BCUT2D eigenvalue weighted by Gasteiger charge is 2.08. The third-order valence-corrected chi connectivity index (χ3v) is 4.32. The Labute approximate surface area is 136 Å². The van der Waals surface area contributed by atoms with E-state index >= 15 is 0 Å². The van der Waals surface area contributed by atoms with Crippen molar-refractivity contribution in [2.24, 2.45) is 5.92 Å². The van der Waals surface area contributed by atoms with Gasteiger partial charge in [-0.2, -0.15) is 0 Å². The van der Waals surface area contributed by atoms with E-state index in [1.165, 1.54) is 5.56 Å². The number of nitrogen functional groups attached to an aromatic ring is 1. The van der Waals surface area contributed by atoms with Crippen LogP contribution < -0.4 is 10.6 Å². The lowest BCUT2D eigenvalue weighted by molar-refractivity contribution is 0.289. The van der Waals surface area contributed by atoms with Gasteiger partial charge in [-0.3, -0.25) is 0 Å². The summed E-state index contributed by atoms with van der Waals surface area (Å²) in [6, 6.07) is 8.19. The van der Waals surface area contributed by atoms with E-state index in [-0.39, 0.29) is 0 Å². The van der Waals surface area contributed by atoms with Crippen molar-refractivity contribution >= 4 is 11.8 Å². The van der Waals surface area contributed by atoms with Crippen LogP contribution in [0.25, 0.3) is 0 Å². The van der Waals surface area contributed by atoms with Crippen molar-refractivity contribution < 1.29 is 4.74 Å². The van der Waals surface area contributed by atoms with Gasteiger partial charge >= 0.3 is 0 Å². The van der Waals surface area contributed by atoms with Crippen molar-refractivity contribution in [2.45, 2.75) is 44.5 Å². The second-order valence-electron chi connectivity index (χ2n) is 5.59. The zero-order valence-electron chi connectivity index (χ0n) is 13.5. The predicted molar refractivity (Wildman–Crippen MR) is 90.5 cm³/mol. The molecule has 22 heavy (non-hydrogen) atoms. The molecule has 2 aromatic rings. The minimum Gasteiger partial charge on any atom is -0.494 e. The van der Waals surface area contributed by atoms with Crippen LogP contribution in [0.2, 0.25) is 0 Å².